The van der Waals surface area contributed by atoms with Gasteiger partial charge in [-0.1, -0.05) is 24.3 Å². The summed E-state index contributed by atoms with van der Waals surface area (Å²) in [5, 5.41) is 4.76. The monoisotopic (exact) mass is 222 g/mol. The lowest BCUT2D eigenvalue weighted by Crippen LogP contribution is -2.21. The fourth-order valence-corrected chi connectivity index (χ4v) is 1.62. The van der Waals surface area contributed by atoms with Gasteiger partial charge in [0.15, 0.2) is 0 Å². The fraction of sp³-hybridized carbons (Fsp3) is 0.250. The maximum atomic E-state index is 12.0. The molecule has 0 aliphatic carbocycles. The van der Waals surface area contributed by atoms with E-state index in [0.717, 1.165) is 16.5 Å². The van der Waals surface area contributed by atoms with E-state index in [2.05, 4.69) is 10.3 Å². The summed E-state index contributed by atoms with van der Waals surface area (Å²) >= 11 is 0. The van der Waals surface area contributed by atoms with Crippen LogP contribution in [0.2, 0.25) is 0 Å². The molecule has 1 N–H and O–H groups in total. The molecule has 0 unspecified atom stereocenters. The Hall–Kier alpha value is -1.55. The van der Waals surface area contributed by atoms with Crippen LogP contribution in [0.3, 0.4) is 0 Å². The van der Waals surface area contributed by atoms with Crippen molar-refractivity contribution in [2.45, 2.75) is 13.0 Å². The third kappa shape index (κ3) is 2.52. The van der Waals surface area contributed by atoms with E-state index in [-0.39, 0.29) is 6.54 Å². The van der Waals surface area contributed by atoms with Crippen molar-refractivity contribution < 1.29 is 8.78 Å². The summed E-state index contributed by atoms with van der Waals surface area (Å²) in [5.74, 6) is 0. The standard InChI is InChI=1S/C12H12F2N2/c13-12(14)8-15-7-11-10-4-2-1-3-9(10)5-6-16-11/h1-6,12,15H,7-8H2. The van der Waals surface area contributed by atoms with E-state index in [1.165, 1.54) is 0 Å². The van der Waals surface area contributed by atoms with Crippen LogP contribution in [-0.4, -0.2) is 18.0 Å². The highest BCUT2D eigenvalue weighted by Gasteiger charge is 2.04. The van der Waals surface area contributed by atoms with E-state index >= 15 is 0 Å². The number of alkyl halides is 2. The van der Waals surface area contributed by atoms with Crippen molar-refractivity contribution in [3.8, 4) is 0 Å². The summed E-state index contributed by atoms with van der Waals surface area (Å²) in [6.45, 7) is 0.0661. The number of pyridine rings is 1. The molecule has 84 valence electrons. The molecular weight excluding hydrogens is 210 g/mol. The van der Waals surface area contributed by atoms with Gasteiger partial charge in [0, 0.05) is 18.1 Å². The highest BCUT2D eigenvalue weighted by atomic mass is 19.3. The van der Waals surface area contributed by atoms with Gasteiger partial charge in [-0.3, -0.25) is 4.98 Å². The quantitative estimate of drug-likeness (QED) is 0.860. The molecule has 16 heavy (non-hydrogen) atoms. The number of rotatable bonds is 4. The smallest absolute Gasteiger partial charge is 0.250 e. The zero-order valence-electron chi connectivity index (χ0n) is 8.66. The zero-order valence-corrected chi connectivity index (χ0v) is 8.66. The van der Waals surface area contributed by atoms with E-state index in [4.69, 9.17) is 0 Å². The average molecular weight is 222 g/mol. The SMILES string of the molecule is FC(F)CNCc1nccc2ccccc12. The summed E-state index contributed by atoms with van der Waals surface area (Å²) in [4.78, 5) is 4.20. The van der Waals surface area contributed by atoms with Crippen LogP contribution < -0.4 is 5.32 Å². The molecule has 0 saturated heterocycles. The van der Waals surface area contributed by atoms with Gasteiger partial charge in [-0.25, -0.2) is 8.78 Å². The van der Waals surface area contributed by atoms with Crippen LogP contribution in [0.4, 0.5) is 8.78 Å². The Kier molecular flexibility index (Phi) is 3.41. The first-order valence-corrected chi connectivity index (χ1v) is 5.09. The van der Waals surface area contributed by atoms with Crippen molar-refractivity contribution >= 4 is 10.8 Å². The number of aromatic nitrogens is 1. The summed E-state index contributed by atoms with van der Waals surface area (Å²) < 4.78 is 23.9. The summed E-state index contributed by atoms with van der Waals surface area (Å²) in [7, 11) is 0. The number of benzene rings is 1. The highest BCUT2D eigenvalue weighted by Crippen LogP contribution is 2.15. The van der Waals surface area contributed by atoms with Crippen molar-refractivity contribution in [3.63, 3.8) is 0 Å². The predicted molar refractivity (Wildman–Crippen MR) is 59.5 cm³/mol. The topological polar surface area (TPSA) is 24.9 Å². The van der Waals surface area contributed by atoms with Crippen LogP contribution in [0.1, 0.15) is 5.69 Å². The van der Waals surface area contributed by atoms with Gasteiger partial charge in [-0.05, 0) is 11.5 Å². The molecule has 0 spiro atoms. The lowest BCUT2D eigenvalue weighted by atomic mass is 10.1. The number of nitrogens with one attached hydrogen (secondary N) is 1. The van der Waals surface area contributed by atoms with Crippen molar-refractivity contribution in [2.75, 3.05) is 6.54 Å². The molecule has 1 aromatic carbocycles. The van der Waals surface area contributed by atoms with Crippen molar-refractivity contribution in [3.05, 3.63) is 42.2 Å². The molecule has 4 heteroatoms. The van der Waals surface area contributed by atoms with Gasteiger partial charge >= 0.3 is 0 Å². The van der Waals surface area contributed by atoms with Crippen molar-refractivity contribution in [1.82, 2.24) is 10.3 Å². The molecule has 0 aliphatic heterocycles. The third-order valence-electron chi connectivity index (χ3n) is 2.35. The molecule has 0 radical (unpaired) electrons. The van der Waals surface area contributed by atoms with Crippen LogP contribution in [-0.2, 0) is 6.54 Å². The van der Waals surface area contributed by atoms with Gasteiger partial charge < -0.3 is 5.32 Å². The lowest BCUT2D eigenvalue weighted by molar-refractivity contribution is 0.145. The van der Waals surface area contributed by atoms with Crippen LogP contribution in [0.15, 0.2) is 36.5 Å². The minimum Gasteiger partial charge on any atom is -0.306 e. The van der Waals surface area contributed by atoms with E-state index < -0.39 is 6.43 Å². The van der Waals surface area contributed by atoms with Gasteiger partial charge in [0.25, 0.3) is 6.43 Å². The van der Waals surface area contributed by atoms with Gasteiger partial charge in [-0.15, -0.1) is 0 Å². The maximum absolute atomic E-state index is 12.0. The lowest BCUT2D eigenvalue weighted by Gasteiger charge is -2.06. The molecule has 2 nitrogen and oxygen atoms in total. The first-order valence-electron chi connectivity index (χ1n) is 5.09. The molecule has 0 fully saturated rings. The van der Waals surface area contributed by atoms with E-state index in [1.807, 2.05) is 30.3 Å². The van der Waals surface area contributed by atoms with E-state index in [0.29, 0.717) is 6.54 Å². The maximum Gasteiger partial charge on any atom is 0.250 e. The van der Waals surface area contributed by atoms with Gasteiger partial charge in [0.05, 0.1) is 12.2 Å². The Labute approximate surface area is 92.3 Å². The minimum absolute atomic E-state index is 0.301. The van der Waals surface area contributed by atoms with Crippen molar-refractivity contribution in [2.24, 2.45) is 0 Å². The van der Waals surface area contributed by atoms with E-state index in [1.54, 1.807) is 6.20 Å². The van der Waals surface area contributed by atoms with Gasteiger partial charge in [-0.2, -0.15) is 0 Å². The molecule has 1 heterocycles. The first kappa shape index (κ1) is 11.0. The van der Waals surface area contributed by atoms with Gasteiger partial charge in [0.2, 0.25) is 0 Å². The summed E-state index contributed by atoms with van der Waals surface area (Å²) in [6.07, 6.45) is -0.628. The Balaban J connectivity index is 2.17. The number of hydrogen-bond acceptors (Lipinski definition) is 2. The molecule has 2 rings (SSSR count). The summed E-state index contributed by atoms with van der Waals surface area (Å²) in [6, 6.07) is 9.70. The molecule has 0 bridgehead atoms. The highest BCUT2D eigenvalue weighted by molar-refractivity contribution is 5.84. The second-order valence-corrected chi connectivity index (χ2v) is 3.50. The number of halogens is 2. The second kappa shape index (κ2) is 4.99. The van der Waals surface area contributed by atoms with Crippen LogP contribution in [0, 0.1) is 0 Å². The number of hydrogen-bond donors (Lipinski definition) is 1. The zero-order chi connectivity index (χ0) is 11.4. The van der Waals surface area contributed by atoms with Crippen LogP contribution >= 0.6 is 0 Å². The van der Waals surface area contributed by atoms with Gasteiger partial charge in [0.1, 0.15) is 0 Å². The first-order chi connectivity index (χ1) is 7.77. The largest absolute Gasteiger partial charge is 0.306 e. The summed E-state index contributed by atoms with van der Waals surface area (Å²) in [5.41, 5.74) is 0.804. The molecule has 1 aromatic heterocycles. The fourth-order valence-electron chi connectivity index (χ4n) is 1.62. The molecule has 0 atom stereocenters. The van der Waals surface area contributed by atoms with Crippen LogP contribution in [0.25, 0.3) is 10.8 Å². The molecule has 0 saturated carbocycles. The molecule has 0 aliphatic rings. The molecule has 2 aromatic rings. The normalized spacial score (nSPS) is 11.2. The Morgan fingerprint density at radius 2 is 2.00 bits per heavy atom. The second-order valence-electron chi connectivity index (χ2n) is 3.50. The van der Waals surface area contributed by atoms with E-state index in [9.17, 15) is 8.78 Å². The Morgan fingerprint density at radius 3 is 2.81 bits per heavy atom. The molecule has 0 amide bonds. The number of nitrogens with zero attached hydrogens (tertiary/aromatic N) is 1. The average Bonchev–Trinajstić information content (AvgIpc) is 2.29. The van der Waals surface area contributed by atoms with Crippen LogP contribution in [0.5, 0.6) is 0 Å². The Morgan fingerprint density at radius 1 is 1.19 bits per heavy atom. The van der Waals surface area contributed by atoms with Crippen molar-refractivity contribution in [1.29, 1.82) is 0 Å². The molecular formula is C12H12F2N2. The third-order valence-corrected chi connectivity index (χ3v) is 2.35. The number of fused-ring (bicyclic) bond motifs is 1. The predicted octanol–water partition coefficient (Wildman–Crippen LogP) is 2.59. The minimum atomic E-state index is -2.32. The Bertz CT molecular complexity index is 466.